The lowest BCUT2D eigenvalue weighted by atomic mass is 9.94. The number of halogens is 2. The van der Waals surface area contributed by atoms with Gasteiger partial charge in [0, 0.05) is 23.3 Å². The number of carbonyl (C=O) groups excluding carboxylic acids is 1. The molecule has 26 heavy (non-hydrogen) atoms. The first-order valence-electron chi connectivity index (χ1n) is 9.09. The number of nitrogens with zero attached hydrogens (tertiary/aromatic N) is 1. The van der Waals surface area contributed by atoms with E-state index in [2.05, 4.69) is 17.3 Å². The second-order valence-electron chi connectivity index (χ2n) is 6.94. The molecule has 1 amide bonds. The third kappa shape index (κ3) is 4.63. The predicted octanol–water partition coefficient (Wildman–Crippen LogP) is 5.50. The molecule has 0 radical (unpaired) electrons. The van der Waals surface area contributed by atoms with Crippen molar-refractivity contribution in [3.63, 3.8) is 0 Å². The molecule has 2 aromatic carbocycles. The monoisotopic (exact) mass is 374 g/mol. The minimum absolute atomic E-state index is 0.0482. The predicted molar refractivity (Wildman–Crippen MR) is 104 cm³/mol. The van der Waals surface area contributed by atoms with E-state index in [9.17, 15) is 9.18 Å². The highest BCUT2D eigenvalue weighted by atomic mass is 35.5. The lowest BCUT2D eigenvalue weighted by Gasteiger charge is -2.31. The van der Waals surface area contributed by atoms with Crippen LogP contribution in [-0.4, -0.2) is 23.9 Å². The van der Waals surface area contributed by atoms with Gasteiger partial charge in [0.2, 0.25) is 0 Å². The topological polar surface area (TPSA) is 32.3 Å². The highest BCUT2D eigenvalue weighted by molar-refractivity contribution is 6.31. The average molecular weight is 375 g/mol. The molecule has 0 bridgehead atoms. The van der Waals surface area contributed by atoms with E-state index in [1.807, 2.05) is 24.3 Å². The molecule has 0 unspecified atom stereocenters. The number of benzene rings is 2. The second-order valence-corrected chi connectivity index (χ2v) is 7.38. The summed E-state index contributed by atoms with van der Waals surface area (Å²) in [5.41, 5.74) is 1.68. The molecular formula is C21H24ClFN2O. The van der Waals surface area contributed by atoms with Gasteiger partial charge in [0.15, 0.2) is 0 Å². The molecule has 0 atom stereocenters. The molecule has 0 saturated heterocycles. The maximum Gasteiger partial charge on any atom is 0.258 e. The lowest BCUT2D eigenvalue weighted by Crippen LogP contribution is -2.33. The van der Waals surface area contributed by atoms with E-state index in [-0.39, 0.29) is 5.56 Å². The molecular weight excluding hydrogens is 351 g/mol. The fourth-order valence-corrected chi connectivity index (χ4v) is 3.73. The van der Waals surface area contributed by atoms with Crippen molar-refractivity contribution in [1.29, 1.82) is 0 Å². The van der Waals surface area contributed by atoms with Gasteiger partial charge in [0.05, 0.1) is 5.56 Å². The number of nitrogens with one attached hydrogen (secondary N) is 1. The summed E-state index contributed by atoms with van der Waals surface area (Å²) in [6, 6.07) is 12.3. The normalized spacial score (nSPS) is 15.2. The third-order valence-corrected chi connectivity index (χ3v) is 5.29. The number of para-hydroxylation sites is 1. The van der Waals surface area contributed by atoms with E-state index < -0.39 is 11.7 Å². The maximum absolute atomic E-state index is 13.9. The van der Waals surface area contributed by atoms with Crippen LogP contribution in [0.5, 0.6) is 0 Å². The lowest BCUT2D eigenvalue weighted by molar-refractivity contribution is 0.102. The van der Waals surface area contributed by atoms with Crippen molar-refractivity contribution in [2.24, 2.45) is 0 Å². The standard InChI is InChI=1S/C21H24ClFN2O/c1-25(17-8-3-2-4-9-17)14-15-7-5-6-10-20(15)24-21(26)18-13-16(22)11-12-19(18)23/h5-7,10-13,17H,2-4,8-9,14H2,1H3,(H,24,26). The maximum atomic E-state index is 13.9. The fourth-order valence-electron chi connectivity index (χ4n) is 3.56. The summed E-state index contributed by atoms with van der Waals surface area (Å²) in [5.74, 6) is -1.07. The Labute approximate surface area is 159 Å². The summed E-state index contributed by atoms with van der Waals surface area (Å²) in [6.45, 7) is 0.749. The van der Waals surface area contributed by atoms with E-state index in [0.717, 1.165) is 12.1 Å². The highest BCUT2D eigenvalue weighted by Crippen LogP contribution is 2.25. The first-order chi connectivity index (χ1) is 12.5. The molecule has 5 heteroatoms. The summed E-state index contributed by atoms with van der Waals surface area (Å²) in [5, 5.41) is 3.17. The second kappa shape index (κ2) is 8.65. The van der Waals surface area contributed by atoms with Crippen LogP contribution in [0.4, 0.5) is 10.1 Å². The fraction of sp³-hybridized carbons (Fsp3) is 0.381. The molecule has 1 saturated carbocycles. The Morgan fingerprint density at radius 3 is 2.69 bits per heavy atom. The number of hydrogen-bond acceptors (Lipinski definition) is 2. The quantitative estimate of drug-likeness (QED) is 0.749. The Bertz CT molecular complexity index is 774. The zero-order chi connectivity index (χ0) is 18.5. The zero-order valence-corrected chi connectivity index (χ0v) is 15.7. The van der Waals surface area contributed by atoms with Crippen LogP contribution >= 0.6 is 11.6 Å². The molecule has 138 valence electrons. The number of anilines is 1. The Kier molecular flexibility index (Phi) is 6.28. The van der Waals surface area contributed by atoms with Crippen LogP contribution in [0, 0.1) is 5.82 Å². The van der Waals surface area contributed by atoms with Crippen LogP contribution in [0.3, 0.4) is 0 Å². The van der Waals surface area contributed by atoms with Crippen molar-refractivity contribution >= 4 is 23.2 Å². The van der Waals surface area contributed by atoms with Gasteiger partial charge in [-0.05, 0) is 49.7 Å². The van der Waals surface area contributed by atoms with Gasteiger partial charge in [-0.15, -0.1) is 0 Å². The number of carbonyl (C=O) groups is 1. The van der Waals surface area contributed by atoms with Crippen molar-refractivity contribution in [2.45, 2.75) is 44.7 Å². The van der Waals surface area contributed by atoms with Crippen LogP contribution in [0.15, 0.2) is 42.5 Å². The van der Waals surface area contributed by atoms with Crippen molar-refractivity contribution in [2.75, 3.05) is 12.4 Å². The molecule has 2 aromatic rings. The molecule has 0 aromatic heterocycles. The molecule has 3 rings (SSSR count). The van der Waals surface area contributed by atoms with Crippen LogP contribution in [0.1, 0.15) is 48.0 Å². The van der Waals surface area contributed by atoms with Gasteiger partial charge in [-0.3, -0.25) is 9.69 Å². The van der Waals surface area contributed by atoms with Crippen molar-refractivity contribution in [1.82, 2.24) is 4.90 Å². The zero-order valence-electron chi connectivity index (χ0n) is 15.0. The molecule has 1 N–H and O–H groups in total. The molecule has 0 aliphatic heterocycles. The van der Waals surface area contributed by atoms with Gasteiger partial charge in [-0.2, -0.15) is 0 Å². The summed E-state index contributed by atoms with van der Waals surface area (Å²) < 4.78 is 13.9. The van der Waals surface area contributed by atoms with Crippen LogP contribution in [-0.2, 0) is 6.54 Å². The average Bonchev–Trinajstić information content (AvgIpc) is 2.66. The van der Waals surface area contributed by atoms with Crippen LogP contribution in [0.25, 0.3) is 0 Å². The number of amides is 1. The van der Waals surface area contributed by atoms with Crippen LogP contribution < -0.4 is 5.32 Å². The molecule has 1 aliphatic rings. The van der Waals surface area contributed by atoms with E-state index in [0.29, 0.717) is 16.8 Å². The van der Waals surface area contributed by atoms with E-state index in [1.165, 1.54) is 50.3 Å². The van der Waals surface area contributed by atoms with Gasteiger partial charge in [0.25, 0.3) is 5.91 Å². The molecule has 1 fully saturated rings. The largest absolute Gasteiger partial charge is 0.322 e. The van der Waals surface area contributed by atoms with Crippen molar-refractivity contribution in [3.8, 4) is 0 Å². The Morgan fingerprint density at radius 1 is 1.19 bits per heavy atom. The molecule has 1 aliphatic carbocycles. The van der Waals surface area contributed by atoms with Gasteiger partial charge in [-0.25, -0.2) is 4.39 Å². The van der Waals surface area contributed by atoms with Gasteiger partial charge in [0.1, 0.15) is 5.82 Å². The Morgan fingerprint density at radius 2 is 1.92 bits per heavy atom. The first kappa shape index (κ1) is 18.9. The Balaban J connectivity index is 1.74. The molecule has 3 nitrogen and oxygen atoms in total. The van der Waals surface area contributed by atoms with Crippen molar-refractivity contribution in [3.05, 3.63) is 64.4 Å². The SMILES string of the molecule is CN(Cc1ccccc1NC(=O)c1cc(Cl)ccc1F)C1CCCCC1. The first-order valence-corrected chi connectivity index (χ1v) is 9.47. The Hall–Kier alpha value is -1.91. The number of rotatable bonds is 5. The third-order valence-electron chi connectivity index (χ3n) is 5.06. The van der Waals surface area contributed by atoms with E-state index >= 15 is 0 Å². The minimum atomic E-state index is -0.580. The van der Waals surface area contributed by atoms with Gasteiger partial charge in [-0.1, -0.05) is 49.1 Å². The molecule has 0 heterocycles. The van der Waals surface area contributed by atoms with Crippen LogP contribution in [0.2, 0.25) is 5.02 Å². The highest BCUT2D eigenvalue weighted by Gasteiger charge is 2.20. The summed E-state index contributed by atoms with van der Waals surface area (Å²) >= 11 is 5.90. The van der Waals surface area contributed by atoms with E-state index in [1.54, 1.807) is 0 Å². The van der Waals surface area contributed by atoms with Gasteiger partial charge >= 0.3 is 0 Å². The summed E-state index contributed by atoms with van der Waals surface area (Å²) in [7, 11) is 2.13. The summed E-state index contributed by atoms with van der Waals surface area (Å²) in [4.78, 5) is 14.9. The molecule has 0 spiro atoms. The van der Waals surface area contributed by atoms with Crippen molar-refractivity contribution < 1.29 is 9.18 Å². The smallest absolute Gasteiger partial charge is 0.258 e. The van der Waals surface area contributed by atoms with E-state index in [4.69, 9.17) is 11.6 Å². The van der Waals surface area contributed by atoms with Gasteiger partial charge < -0.3 is 5.32 Å². The number of hydrogen-bond donors (Lipinski definition) is 1. The minimum Gasteiger partial charge on any atom is -0.322 e. The summed E-state index contributed by atoms with van der Waals surface area (Å²) in [6.07, 6.45) is 6.32.